The van der Waals surface area contributed by atoms with E-state index in [1.807, 2.05) is 13.0 Å². The van der Waals surface area contributed by atoms with Gasteiger partial charge in [-0.1, -0.05) is 6.07 Å². The van der Waals surface area contributed by atoms with Gasteiger partial charge in [0, 0.05) is 11.3 Å². The minimum atomic E-state index is -0.328. The van der Waals surface area contributed by atoms with Crippen molar-refractivity contribution >= 4 is 11.7 Å². The molecular formula is C11H15NO3. The fourth-order valence-electron chi connectivity index (χ4n) is 1.35. The molecule has 0 heterocycles. The quantitative estimate of drug-likeness (QED) is 0.602. The van der Waals surface area contributed by atoms with E-state index in [-0.39, 0.29) is 12.4 Å². The average Bonchev–Trinajstić information content (AvgIpc) is 2.25. The first kappa shape index (κ1) is 11.4. The zero-order valence-corrected chi connectivity index (χ0v) is 9.16. The molecule has 15 heavy (non-hydrogen) atoms. The van der Waals surface area contributed by atoms with Gasteiger partial charge in [0.2, 0.25) is 0 Å². The third-order valence-electron chi connectivity index (χ3n) is 2.30. The monoisotopic (exact) mass is 209 g/mol. The third kappa shape index (κ3) is 2.40. The van der Waals surface area contributed by atoms with Crippen molar-refractivity contribution in [3.63, 3.8) is 0 Å². The number of hydrogen-bond acceptors (Lipinski definition) is 4. The predicted octanol–water partition coefficient (Wildman–Crippen LogP) is 1.30. The number of carbonyl (C=O) groups excluding carboxylic acids is 1. The number of rotatable bonds is 3. The summed E-state index contributed by atoms with van der Waals surface area (Å²) in [6.07, 6.45) is 0.132. The molecule has 0 saturated carbocycles. The highest BCUT2D eigenvalue weighted by molar-refractivity contribution is 5.77. The topological polar surface area (TPSA) is 61.5 Å². The van der Waals surface area contributed by atoms with Crippen LogP contribution in [0.3, 0.4) is 0 Å². The summed E-state index contributed by atoms with van der Waals surface area (Å²) in [6, 6.07) is 3.65. The van der Waals surface area contributed by atoms with Crippen molar-refractivity contribution in [3.05, 3.63) is 23.3 Å². The molecule has 4 nitrogen and oxygen atoms in total. The molecule has 1 rings (SSSR count). The van der Waals surface area contributed by atoms with Crippen LogP contribution >= 0.6 is 0 Å². The Hall–Kier alpha value is -1.71. The van der Waals surface area contributed by atoms with Crippen LogP contribution in [0.25, 0.3) is 0 Å². The normalized spacial score (nSPS) is 9.80. The number of ether oxygens (including phenoxy) is 2. The van der Waals surface area contributed by atoms with Gasteiger partial charge in [-0.15, -0.1) is 0 Å². The highest BCUT2D eigenvalue weighted by Crippen LogP contribution is 2.27. The van der Waals surface area contributed by atoms with Crippen LogP contribution in [0, 0.1) is 6.92 Å². The van der Waals surface area contributed by atoms with Gasteiger partial charge in [-0.2, -0.15) is 0 Å². The lowest BCUT2D eigenvalue weighted by Gasteiger charge is -2.12. The molecule has 82 valence electrons. The summed E-state index contributed by atoms with van der Waals surface area (Å²) < 4.78 is 9.74. The number of benzene rings is 1. The first-order valence-corrected chi connectivity index (χ1v) is 4.59. The minimum Gasteiger partial charge on any atom is -0.496 e. The molecular weight excluding hydrogens is 194 g/mol. The molecule has 0 fully saturated rings. The van der Waals surface area contributed by atoms with E-state index in [9.17, 15) is 4.79 Å². The van der Waals surface area contributed by atoms with Crippen molar-refractivity contribution in [2.24, 2.45) is 0 Å². The van der Waals surface area contributed by atoms with E-state index in [0.29, 0.717) is 17.0 Å². The number of nitrogens with two attached hydrogens (primary N) is 1. The van der Waals surface area contributed by atoms with E-state index < -0.39 is 0 Å². The van der Waals surface area contributed by atoms with Crippen LogP contribution in [-0.4, -0.2) is 20.2 Å². The van der Waals surface area contributed by atoms with Gasteiger partial charge in [0.15, 0.2) is 0 Å². The number of nitrogen functional groups attached to an aromatic ring is 1. The van der Waals surface area contributed by atoms with Crippen LogP contribution < -0.4 is 10.5 Å². The van der Waals surface area contributed by atoms with Crippen molar-refractivity contribution in [1.82, 2.24) is 0 Å². The molecule has 0 aliphatic rings. The van der Waals surface area contributed by atoms with Crippen LogP contribution in [0.5, 0.6) is 5.75 Å². The molecule has 1 aromatic rings. The molecule has 4 heteroatoms. The highest BCUT2D eigenvalue weighted by atomic mass is 16.5. The smallest absolute Gasteiger partial charge is 0.310 e. The third-order valence-corrected chi connectivity index (χ3v) is 2.30. The van der Waals surface area contributed by atoms with Gasteiger partial charge < -0.3 is 15.2 Å². The molecule has 0 aliphatic heterocycles. The largest absolute Gasteiger partial charge is 0.496 e. The Balaban J connectivity index is 3.12. The molecule has 0 atom stereocenters. The van der Waals surface area contributed by atoms with Crippen molar-refractivity contribution < 1.29 is 14.3 Å². The molecule has 0 saturated heterocycles. The summed E-state index contributed by atoms with van der Waals surface area (Å²) in [5.41, 5.74) is 8.07. The number of aryl methyl sites for hydroxylation is 1. The van der Waals surface area contributed by atoms with Gasteiger partial charge in [0.25, 0.3) is 0 Å². The highest BCUT2D eigenvalue weighted by Gasteiger charge is 2.13. The van der Waals surface area contributed by atoms with Gasteiger partial charge in [0.1, 0.15) is 5.75 Å². The summed E-state index contributed by atoms with van der Waals surface area (Å²) >= 11 is 0. The zero-order chi connectivity index (χ0) is 11.4. The lowest BCUT2D eigenvalue weighted by Crippen LogP contribution is -2.09. The van der Waals surface area contributed by atoms with Crippen LogP contribution in [-0.2, 0) is 16.0 Å². The Morgan fingerprint density at radius 3 is 2.60 bits per heavy atom. The van der Waals surface area contributed by atoms with Crippen molar-refractivity contribution in [3.8, 4) is 5.75 Å². The number of carbonyl (C=O) groups is 1. The van der Waals surface area contributed by atoms with Gasteiger partial charge in [0.05, 0.1) is 20.6 Å². The van der Waals surface area contributed by atoms with E-state index >= 15 is 0 Å². The molecule has 0 spiro atoms. The SMILES string of the molecule is COC(=O)Cc1c(OC)ccc(C)c1N. The van der Waals surface area contributed by atoms with Gasteiger partial charge in [-0.05, 0) is 18.6 Å². The molecule has 1 aromatic carbocycles. The maximum absolute atomic E-state index is 11.2. The second-order valence-electron chi connectivity index (χ2n) is 3.23. The Morgan fingerprint density at radius 2 is 2.07 bits per heavy atom. The standard InChI is InChI=1S/C11H15NO3/c1-7-4-5-9(14-2)8(11(7)12)6-10(13)15-3/h4-5H,6,12H2,1-3H3. The number of esters is 1. The van der Waals surface area contributed by atoms with E-state index in [1.165, 1.54) is 7.11 Å². The molecule has 0 radical (unpaired) electrons. The van der Waals surface area contributed by atoms with Crippen LogP contribution in [0.2, 0.25) is 0 Å². The number of anilines is 1. The van der Waals surface area contributed by atoms with Gasteiger partial charge >= 0.3 is 5.97 Å². The summed E-state index contributed by atoms with van der Waals surface area (Å²) in [5, 5.41) is 0. The number of methoxy groups -OCH3 is 2. The molecule has 0 aliphatic carbocycles. The Labute approximate surface area is 89.0 Å². The predicted molar refractivity (Wildman–Crippen MR) is 57.9 cm³/mol. The number of hydrogen-bond donors (Lipinski definition) is 1. The second-order valence-corrected chi connectivity index (χ2v) is 3.23. The van der Waals surface area contributed by atoms with E-state index in [1.54, 1.807) is 13.2 Å². The minimum absolute atomic E-state index is 0.132. The van der Waals surface area contributed by atoms with E-state index in [2.05, 4.69) is 4.74 Å². The van der Waals surface area contributed by atoms with E-state index in [4.69, 9.17) is 10.5 Å². The fourth-order valence-corrected chi connectivity index (χ4v) is 1.35. The molecule has 0 aromatic heterocycles. The summed E-state index contributed by atoms with van der Waals surface area (Å²) in [7, 11) is 2.89. The molecule has 0 bridgehead atoms. The maximum atomic E-state index is 11.2. The molecule has 2 N–H and O–H groups in total. The first-order valence-electron chi connectivity index (χ1n) is 4.59. The molecule has 0 unspecified atom stereocenters. The molecule has 0 amide bonds. The van der Waals surface area contributed by atoms with Crippen LogP contribution in [0.15, 0.2) is 12.1 Å². The first-order chi connectivity index (χ1) is 7.10. The maximum Gasteiger partial charge on any atom is 0.310 e. The van der Waals surface area contributed by atoms with Crippen molar-refractivity contribution in [2.75, 3.05) is 20.0 Å². The Morgan fingerprint density at radius 1 is 1.40 bits per heavy atom. The average molecular weight is 209 g/mol. The lowest BCUT2D eigenvalue weighted by atomic mass is 10.0. The lowest BCUT2D eigenvalue weighted by molar-refractivity contribution is -0.139. The van der Waals surface area contributed by atoms with Gasteiger partial charge in [-0.3, -0.25) is 4.79 Å². The summed E-state index contributed by atoms with van der Waals surface area (Å²) in [6.45, 7) is 1.88. The van der Waals surface area contributed by atoms with Gasteiger partial charge in [-0.25, -0.2) is 0 Å². The Bertz CT molecular complexity index is 374. The summed E-state index contributed by atoms with van der Waals surface area (Å²) in [4.78, 5) is 11.2. The zero-order valence-electron chi connectivity index (χ0n) is 9.16. The second kappa shape index (κ2) is 4.68. The van der Waals surface area contributed by atoms with Crippen LogP contribution in [0.4, 0.5) is 5.69 Å². The van der Waals surface area contributed by atoms with Crippen LogP contribution in [0.1, 0.15) is 11.1 Å². The van der Waals surface area contributed by atoms with Crippen molar-refractivity contribution in [2.45, 2.75) is 13.3 Å². The van der Waals surface area contributed by atoms with E-state index in [0.717, 1.165) is 5.56 Å². The fraction of sp³-hybridized carbons (Fsp3) is 0.364. The Kier molecular flexibility index (Phi) is 3.55. The summed E-state index contributed by atoms with van der Waals surface area (Å²) in [5.74, 6) is 0.286. The van der Waals surface area contributed by atoms with Crippen molar-refractivity contribution in [1.29, 1.82) is 0 Å².